The van der Waals surface area contributed by atoms with Gasteiger partial charge in [0, 0.05) is 11.0 Å². The summed E-state index contributed by atoms with van der Waals surface area (Å²) >= 11 is 3.40. The van der Waals surface area contributed by atoms with Gasteiger partial charge < -0.3 is 10.0 Å². The van der Waals surface area contributed by atoms with Crippen LogP contribution in [0.15, 0.2) is 28.7 Å². The first-order chi connectivity index (χ1) is 8.06. The number of hydrogen-bond acceptors (Lipinski definition) is 3. The number of carbonyl (C=O) groups is 1. The highest BCUT2D eigenvalue weighted by Gasteiger charge is 2.17. The van der Waals surface area contributed by atoms with E-state index in [0.29, 0.717) is 6.54 Å². The summed E-state index contributed by atoms with van der Waals surface area (Å²) in [5.74, 6) is -1.38. The van der Waals surface area contributed by atoms with Crippen molar-refractivity contribution in [2.24, 2.45) is 5.92 Å². The molecule has 0 saturated carbocycles. The van der Waals surface area contributed by atoms with Gasteiger partial charge in [0.2, 0.25) is 0 Å². The van der Waals surface area contributed by atoms with Gasteiger partial charge in [0.05, 0.1) is 17.7 Å². The summed E-state index contributed by atoms with van der Waals surface area (Å²) in [6.45, 7) is 2.11. The van der Waals surface area contributed by atoms with Crippen LogP contribution < -0.4 is 4.90 Å². The van der Waals surface area contributed by atoms with E-state index in [4.69, 9.17) is 10.4 Å². The number of benzene rings is 1. The number of nitrogens with zero attached hydrogens (tertiary/aromatic N) is 2. The molecule has 0 amide bonds. The van der Waals surface area contributed by atoms with Crippen LogP contribution in [0.3, 0.4) is 0 Å². The van der Waals surface area contributed by atoms with Crippen LogP contribution in [0.2, 0.25) is 0 Å². The minimum absolute atomic E-state index is 0.167. The monoisotopic (exact) mass is 296 g/mol. The predicted molar refractivity (Wildman–Crippen MR) is 68.8 cm³/mol. The maximum absolute atomic E-state index is 10.8. The molecule has 0 fully saturated rings. The van der Waals surface area contributed by atoms with Gasteiger partial charge in [-0.05, 0) is 28.1 Å². The van der Waals surface area contributed by atoms with Crippen LogP contribution in [0.1, 0.15) is 6.92 Å². The van der Waals surface area contributed by atoms with E-state index < -0.39 is 11.9 Å². The van der Waals surface area contributed by atoms with Crippen LogP contribution >= 0.6 is 15.9 Å². The van der Waals surface area contributed by atoms with Crippen molar-refractivity contribution in [1.82, 2.24) is 0 Å². The minimum Gasteiger partial charge on any atom is -0.481 e. The topological polar surface area (TPSA) is 64.3 Å². The zero-order chi connectivity index (χ0) is 12.8. The van der Waals surface area contributed by atoms with Crippen LogP contribution in [0, 0.1) is 17.2 Å². The molecule has 90 valence electrons. The molecule has 1 unspecified atom stereocenters. The first-order valence-electron chi connectivity index (χ1n) is 5.15. The fourth-order valence-electron chi connectivity index (χ4n) is 1.45. The molecule has 5 heteroatoms. The third-order valence-electron chi connectivity index (χ3n) is 2.37. The lowest BCUT2D eigenvalue weighted by molar-refractivity contribution is -0.140. The standard InChI is InChI=1S/C12H13BrN2O2/c1-9(12(16)17)8-15(7-6-14)11-5-3-2-4-10(11)13/h2-5,9H,7-8H2,1H3,(H,16,17). The van der Waals surface area contributed by atoms with Gasteiger partial charge >= 0.3 is 5.97 Å². The van der Waals surface area contributed by atoms with Crippen molar-refractivity contribution in [3.05, 3.63) is 28.7 Å². The molecule has 1 aromatic rings. The molecule has 0 aromatic heterocycles. The van der Waals surface area contributed by atoms with Crippen LogP contribution in [0.25, 0.3) is 0 Å². The van der Waals surface area contributed by atoms with Gasteiger partial charge in [-0.25, -0.2) is 0 Å². The maximum Gasteiger partial charge on any atom is 0.308 e. The number of anilines is 1. The summed E-state index contributed by atoms with van der Waals surface area (Å²) < 4.78 is 0.854. The Kier molecular flexibility index (Phi) is 4.98. The molecule has 4 nitrogen and oxygen atoms in total. The third kappa shape index (κ3) is 3.75. The molecule has 1 rings (SSSR count). The molecule has 0 aliphatic carbocycles. The normalized spacial score (nSPS) is 11.6. The highest BCUT2D eigenvalue weighted by molar-refractivity contribution is 9.10. The van der Waals surface area contributed by atoms with Gasteiger partial charge in [0.1, 0.15) is 6.54 Å². The predicted octanol–water partition coefficient (Wildman–Crippen LogP) is 2.50. The fourth-order valence-corrected chi connectivity index (χ4v) is 1.99. The lowest BCUT2D eigenvalue weighted by Gasteiger charge is -2.24. The van der Waals surface area contributed by atoms with Crippen molar-refractivity contribution in [2.45, 2.75) is 6.92 Å². The lowest BCUT2D eigenvalue weighted by atomic mass is 10.1. The Labute approximate surface area is 109 Å². The molecule has 0 saturated heterocycles. The van der Waals surface area contributed by atoms with E-state index in [1.165, 1.54) is 0 Å². The van der Waals surface area contributed by atoms with Gasteiger partial charge in [0.15, 0.2) is 0 Å². The fraction of sp³-hybridized carbons (Fsp3) is 0.333. The number of hydrogen-bond donors (Lipinski definition) is 1. The SMILES string of the molecule is CC(CN(CC#N)c1ccccc1Br)C(=O)O. The van der Waals surface area contributed by atoms with Crippen molar-refractivity contribution in [3.8, 4) is 6.07 Å². The Balaban J connectivity index is 2.91. The zero-order valence-electron chi connectivity index (χ0n) is 9.43. The quantitative estimate of drug-likeness (QED) is 0.848. The number of carboxylic acids is 1. The second kappa shape index (κ2) is 6.26. The summed E-state index contributed by atoms with van der Waals surface area (Å²) in [7, 11) is 0. The van der Waals surface area contributed by atoms with E-state index >= 15 is 0 Å². The average molecular weight is 297 g/mol. The number of para-hydroxylation sites is 1. The molecule has 1 N–H and O–H groups in total. The molecule has 0 spiro atoms. The smallest absolute Gasteiger partial charge is 0.308 e. The molecule has 1 aromatic carbocycles. The lowest BCUT2D eigenvalue weighted by Crippen LogP contribution is -2.32. The molecular weight excluding hydrogens is 284 g/mol. The Morgan fingerprint density at radius 1 is 1.59 bits per heavy atom. The molecule has 1 atom stereocenters. The average Bonchev–Trinajstić information content (AvgIpc) is 2.29. The minimum atomic E-state index is -0.861. The number of rotatable bonds is 5. The van der Waals surface area contributed by atoms with E-state index in [1.807, 2.05) is 30.3 Å². The molecule has 0 radical (unpaired) electrons. The second-order valence-electron chi connectivity index (χ2n) is 3.73. The third-order valence-corrected chi connectivity index (χ3v) is 3.04. The zero-order valence-corrected chi connectivity index (χ0v) is 11.0. The van der Waals surface area contributed by atoms with Crippen LogP contribution in [0.4, 0.5) is 5.69 Å². The number of halogens is 1. The van der Waals surface area contributed by atoms with Crippen molar-refractivity contribution in [3.63, 3.8) is 0 Å². The van der Waals surface area contributed by atoms with Crippen LogP contribution in [0.5, 0.6) is 0 Å². The largest absolute Gasteiger partial charge is 0.481 e. The summed E-state index contributed by atoms with van der Waals surface area (Å²) in [5.41, 5.74) is 0.835. The van der Waals surface area contributed by atoms with Crippen molar-refractivity contribution < 1.29 is 9.90 Å². The Hall–Kier alpha value is -1.54. The van der Waals surface area contributed by atoms with Gasteiger partial charge in [-0.15, -0.1) is 0 Å². The Morgan fingerprint density at radius 2 is 2.24 bits per heavy atom. The molecule has 0 bridgehead atoms. The molecule has 0 heterocycles. The summed E-state index contributed by atoms with van der Waals surface area (Å²) in [6.07, 6.45) is 0. The van der Waals surface area contributed by atoms with E-state index in [9.17, 15) is 4.79 Å². The first-order valence-corrected chi connectivity index (χ1v) is 5.94. The van der Waals surface area contributed by atoms with Gasteiger partial charge in [-0.3, -0.25) is 4.79 Å². The summed E-state index contributed by atoms with van der Waals surface area (Å²) in [5, 5.41) is 17.7. The van der Waals surface area contributed by atoms with E-state index in [0.717, 1.165) is 10.2 Å². The van der Waals surface area contributed by atoms with Gasteiger partial charge in [-0.2, -0.15) is 5.26 Å². The van der Waals surface area contributed by atoms with Crippen molar-refractivity contribution >= 4 is 27.6 Å². The Morgan fingerprint density at radius 3 is 2.76 bits per heavy atom. The van der Waals surface area contributed by atoms with Gasteiger partial charge in [0.25, 0.3) is 0 Å². The van der Waals surface area contributed by atoms with E-state index in [2.05, 4.69) is 15.9 Å². The second-order valence-corrected chi connectivity index (χ2v) is 4.58. The van der Waals surface area contributed by atoms with Crippen LogP contribution in [-0.2, 0) is 4.79 Å². The van der Waals surface area contributed by atoms with Crippen LogP contribution in [-0.4, -0.2) is 24.2 Å². The summed E-state index contributed by atoms with van der Waals surface area (Å²) in [4.78, 5) is 12.6. The Bertz CT molecular complexity index is 442. The van der Waals surface area contributed by atoms with Gasteiger partial charge in [-0.1, -0.05) is 19.1 Å². The summed E-state index contributed by atoms with van der Waals surface area (Å²) in [6, 6.07) is 9.50. The first kappa shape index (κ1) is 13.5. The molecule has 0 aliphatic rings. The maximum atomic E-state index is 10.8. The highest BCUT2D eigenvalue weighted by atomic mass is 79.9. The van der Waals surface area contributed by atoms with Crippen molar-refractivity contribution in [2.75, 3.05) is 18.0 Å². The number of aliphatic carboxylic acids is 1. The van der Waals surface area contributed by atoms with E-state index in [-0.39, 0.29) is 6.54 Å². The van der Waals surface area contributed by atoms with Crippen molar-refractivity contribution in [1.29, 1.82) is 5.26 Å². The molecular formula is C12H13BrN2O2. The number of carboxylic acid groups (broad SMARTS) is 1. The van der Waals surface area contributed by atoms with E-state index in [1.54, 1.807) is 11.8 Å². The highest BCUT2D eigenvalue weighted by Crippen LogP contribution is 2.26. The number of nitriles is 1. The molecule has 17 heavy (non-hydrogen) atoms. The molecule has 0 aliphatic heterocycles.